The van der Waals surface area contributed by atoms with Gasteiger partial charge >= 0.3 is 5.91 Å². The molecule has 0 unspecified atom stereocenters. The van der Waals surface area contributed by atoms with Gasteiger partial charge in [-0.15, -0.1) is 0 Å². The van der Waals surface area contributed by atoms with Gasteiger partial charge in [-0.05, 0) is 46.0 Å². The number of carbonyl (C=O) groups excluding carboxylic acids is 1. The predicted molar refractivity (Wildman–Crippen MR) is 120 cm³/mol. The van der Waals surface area contributed by atoms with Gasteiger partial charge in [-0.25, -0.2) is 4.79 Å². The predicted octanol–water partition coefficient (Wildman–Crippen LogP) is 3.37. The lowest BCUT2D eigenvalue weighted by molar-refractivity contribution is -0.849. The van der Waals surface area contributed by atoms with E-state index in [0.29, 0.717) is 16.9 Å². The molecule has 0 saturated carbocycles. The molecule has 0 rings (SSSR count). The lowest BCUT2D eigenvalue weighted by Crippen LogP contribution is -3.00. The number of hydrogen-bond acceptors (Lipinski definition) is 2. The molecule has 0 aliphatic carbocycles. The molecule has 0 atom stereocenters. The Morgan fingerprint density at radius 1 is 0.750 bits per heavy atom. The van der Waals surface area contributed by atoms with Crippen molar-refractivity contribution >= 4 is 5.91 Å². The molecular formula is C24H49ClN2O. The molecule has 0 saturated heterocycles. The molecule has 28 heavy (non-hydrogen) atoms. The van der Waals surface area contributed by atoms with Crippen LogP contribution < -0.4 is 18.1 Å². The van der Waals surface area contributed by atoms with E-state index in [9.17, 15) is 4.79 Å². The highest BCUT2D eigenvalue weighted by Gasteiger charge is 2.31. The van der Waals surface area contributed by atoms with Crippen LogP contribution in [0.5, 0.6) is 0 Å². The van der Waals surface area contributed by atoms with E-state index >= 15 is 0 Å². The molecule has 4 heteroatoms. The molecular weight excluding hydrogens is 368 g/mol. The van der Waals surface area contributed by atoms with Gasteiger partial charge < -0.3 is 18.1 Å². The van der Waals surface area contributed by atoms with Gasteiger partial charge in [-0.2, -0.15) is 0 Å². The maximum Gasteiger partial charge on any atom is 0.313 e. The number of allylic oxidation sites excluding steroid dienone is 2. The third-order valence-corrected chi connectivity index (χ3v) is 5.95. The number of rotatable bonds is 19. The lowest BCUT2D eigenvalue weighted by Gasteiger charge is -2.33. The lowest BCUT2D eigenvalue weighted by atomic mass is 10.1. The summed E-state index contributed by atoms with van der Waals surface area (Å²) in [5.41, 5.74) is 5.72. The number of unbranched alkanes of at least 4 members (excludes halogenated alkanes) is 11. The SMILES string of the molecule is CCCCCCCC/C=C\CCCCCCCC(=O)[N+](CC)(CC)CCN.[Cl-]. The van der Waals surface area contributed by atoms with E-state index in [1.807, 2.05) is 0 Å². The monoisotopic (exact) mass is 416 g/mol. The first-order valence-corrected chi connectivity index (χ1v) is 11.9. The van der Waals surface area contributed by atoms with Gasteiger partial charge in [0.05, 0.1) is 26.1 Å². The quantitative estimate of drug-likeness (QED) is 0.199. The molecule has 0 aliphatic rings. The Kier molecular flexibility index (Phi) is 22.7. The molecule has 0 aromatic rings. The largest absolute Gasteiger partial charge is 1.00 e. The van der Waals surface area contributed by atoms with E-state index in [2.05, 4.69) is 32.9 Å². The Labute approximate surface area is 182 Å². The van der Waals surface area contributed by atoms with Crippen LogP contribution in [0.15, 0.2) is 12.2 Å². The van der Waals surface area contributed by atoms with Crippen LogP contribution in [0.1, 0.15) is 111 Å². The van der Waals surface area contributed by atoms with E-state index in [0.717, 1.165) is 32.5 Å². The molecule has 0 aliphatic heterocycles. The number of halogens is 1. The van der Waals surface area contributed by atoms with Crippen molar-refractivity contribution in [2.45, 2.75) is 111 Å². The molecule has 0 aromatic carbocycles. The van der Waals surface area contributed by atoms with Crippen LogP contribution >= 0.6 is 0 Å². The summed E-state index contributed by atoms with van der Waals surface area (Å²) in [5.74, 6) is 0.392. The average Bonchev–Trinajstić information content (AvgIpc) is 2.69. The van der Waals surface area contributed by atoms with Gasteiger partial charge in [0.2, 0.25) is 0 Å². The number of hydrogen-bond donors (Lipinski definition) is 1. The maximum atomic E-state index is 12.6. The number of carbonyl (C=O) groups is 1. The van der Waals surface area contributed by atoms with Crippen LogP contribution in [0.3, 0.4) is 0 Å². The molecule has 1 amide bonds. The normalized spacial score (nSPS) is 11.7. The Morgan fingerprint density at radius 3 is 1.68 bits per heavy atom. The smallest absolute Gasteiger partial charge is 0.313 e. The second-order valence-corrected chi connectivity index (χ2v) is 8.02. The highest BCUT2D eigenvalue weighted by Crippen LogP contribution is 2.14. The Balaban J connectivity index is 0. The van der Waals surface area contributed by atoms with Gasteiger partial charge in [0.15, 0.2) is 0 Å². The summed E-state index contributed by atoms with van der Waals surface area (Å²) >= 11 is 0. The second-order valence-electron chi connectivity index (χ2n) is 8.02. The van der Waals surface area contributed by atoms with Crippen LogP contribution in [-0.4, -0.2) is 36.6 Å². The standard InChI is InChI=1S/C24H49N2O.ClH/c1-4-7-8-9-10-11-12-13-14-15-16-17-18-19-20-21-24(27)26(5-2,6-3)23-22-25;/h13-14H,4-12,15-23,25H2,1-3H3;1H/q+1;/p-1/b14-13-;. The molecule has 3 nitrogen and oxygen atoms in total. The highest BCUT2D eigenvalue weighted by molar-refractivity contribution is 5.69. The zero-order chi connectivity index (χ0) is 20.2. The summed E-state index contributed by atoms with van der Waals surface area (Å²) in [6.07, 6.45) is 22.3. The summed E-state index contributed by atoms with van der Waals surface area (Å²) < 4.78 is 0.569. The van der Waals surface area contributed by atoms with Crippen LogP contribution in [0.2, 0.25) is 0 Å². The molecule has 2 N–H and O–H groups in total. The number of nitrogens with two attached hydrogens (primary N) is 1. The van der Waals surface area contributed by atoms with Crippen molar-refractivity contribution in [3.63, 3.8) is 0 Å². The van der Waals surface area contributed by atoms with Crippen LogP contribution in [0, 0.1) is 0 Å². The van der Waals surface area contributed by atoms with Gasteiger partial charge in [0.1, 0.15) is 0 Å². The van der Waals surface area contributed by atoms with Crippen LogP contribution in [0.25, 0.3) is 0 Å². The van der Waals surface area contributed by atoms with Crippen molar-refractivity contribution in [1.29, 1.82) is 0 Å². The van der Waals surface area contributed by atoms with Crippen molar-refractivity contribution in [2.75, 3.05) is 26.2 Å². The molecule has 0 bridgehead atoms. The molecule has 0 aromatic heterocycles. The van der Waals surface area contributed by atoms with Gasteiger partial charge in [0, 0.05) is 6.54 Å². The van der Waals surface area contributed by atoms with E-state index in [4.69, 9.17) is 5.73 Å². The Hall–Kier alpha value is -0.380. The molecule has 0 fully saturated rings. The zero-order valence-electron chi connectivity index (χ0n) is 19.2. The Morgan fingerprint density at radius 2 is 1.21 bits per heavy atom. The summed E-state index contributed by atoms with van der Waals surface area (Å²) in [6, 6.07) is 0. The third kappa shape index (κ3) is 14.6. The van der Waals surface area contributed by atoms with Gasteiger partial charge in [-0.3, -0.25) is 4.48 Å². The molecule has 0 spiro atoms. The van der Waals surface area contributed by atoms with E-state index in [1.54, 1.807) is 0 Å². The third-order valence-electron chi connectivity index (χ3n) is 5.95. The minimum absolute atomic E-state index is 0. The fraction of sp³-hybridized carbons (Fsp3) is 0.875. The first kappa shape index (κ1) is 29.8. The second kappa shape index (κ2) is 21.3. The van der Waals surface area contributed by atoms with Crippen molar-refractivity contribution in [1.82, 2.24) is 0 Å². The summed E-state index contributed by atoms with van der Waals surface area (Å²) in [6.45, 7) is 9.62. The van der Waals surface area contributed by atoms with Crippen molar-refractivity contribution in [3.8, 4) is 0 Å². The summed E-state index contributed by atoms with van der Waals surface area (Å²) in [4.78, 5) is 12.6. The first-order valence-electron chi connectivity index (χ1n) is 11.9. The van der Waals surface area contributed by atoms with E-state index in [1.165, 1.54) is 77.0 Å². The van der Waals surface area contributed by atoms with Crippen molar-refractivity contribution < 1.29 is 21.7 Å². The zero-order valence-corrected chi connectivity index (χ0v) is 19.9. The average molecular weight is 417 g/mol. The summed E-state index contributed by atoms with van der Waals surface area (Å²) in [7, 11) is 0. The maximum absolute atomic E-state index is 12.6. The first-order chi connectivity index (χ1) is 13.2. The highest BCUT2D eigenvalue weighted by atomic mass is 35.5. The van der Waals surface area contributed by atoms with Gasteiger partial charge in [0.25, 0.3) is 0 Å². The fourth-order valence-corrected chi connectivity index (χ4v) is 3.85. The topological polar surface area (TPSA) is 43.1 Å². The van der Waals surface area contributed by atoms with Crippen molar-refractivity contribution in [2.24, 2.45) is 5.73 Å². The Bertz CT molecular complexity index is 368. The van der Waals surface area contributed by atoms with Crippen LogP contribution in [-0.2, 0) is 4.79 Å². The van der Waals surface area contributed by atoms with E-state index < -0.39 is 0 Å². The minimum Gasteiger partial charge on any atom is -1.00 e. The number of likely N-dealkylation sites (N-methyl/N-ethyl adjacent to an activating group) is 1. The van der Waals surface area contributed by atoms with Crippen LogP contribution in [0.4, 0.5) is 0 Å². The number of quaternary nitrogens is 1. The summed E-state index contributed by atoms with van der Waals surface area (Å²) in [5, 5.41) is 0. The van der Waals surface area contributed by atoms with Crippen molar-refractivity contribution in [3.05, 3.63) is 12.2 Å². The number of amides is 1. The molecule has 168 valence electrons. The number of nitrogens with zero attached hydrogens (tertiary/aromatic N) is 1. The fourth-order valence-electron chi connectivity index (χ4n) is 3.85. The van der Waals surface area contributed by atoms with E-state index in [-0.39, 0.29) is 12.4 Å². The minimum atomic E-state index is 0. The molecule has 0 radical (unpaired) electrons. The van der Waals surface area contributed by atoms with Gasteiger partial charge in [-0.1, -0.05) is 70.4 Å². The molecule has 0 heterocycles.